The molecular weight excluding hydrogens is 378 g/mol. The molecule has 0 aromatic heterocycles. The van der Waals surface area contributed by atoms with Crippen molar-refractivity contribution >= 4 is 5.91 Å². The first kappa shape index (κ1) is 24.1. The number of aliphatic hydroxyl groups is 1. The molecule has 0 spiro atoms. The quantitative estimate of drug-likeness (QED) is 0.483. The standard InChI is InChI=1S/C21H37NO7/c1-4-28-21-17(5-9-25-13-14-27-12-8-23)18(16(2)3)15-19(29-21)20(24)22-6-10-26-11-7-22/h15-18,21,23H,4-14H2,1-3H3/t17-,18+,21+/m1/s1. The molecule has 8 heteroatoms. The van der Waals surface area contributed by atoms with Crippen molar-refractivity contribution in [2.75, 3.05) is 65.9 Å². The Morgan fingerprint density at radius 2 is 1.90 bits per heavy atom. The van der Waals surface area contributed by atoms with Gasteiger partial charge in [0.15, 0.2) is 5.76 Å². The van der Waals surface area contributed by atoms with Crippen molar-refractivity contribution in [3.8, 4) is 0 Å². The summed E-state index contributed by atoms with van der Waals surface area (Å²) < 4.78 is 28.2. The maximum atomic E-state index is 12.9. The first-order valence-electron chi connectivity index (χ1n) is 10.7. The monoisotopic (exact) mass is 415 g/mol. The molecule has 0 aliphatic carbocycles. The predicted octanol–water partition coefficient (Wildman–Crippen LogP) is 1.43. The molecule has 29 heavy (non-hydrogen) atoms. The molecule has 0 radical (unpaired) electrons. The second kappa shape index (κ2) is 13.2. The molecule has 2 heterocycles. The highest BCUT2D eigenvalue weighted by atomic mass is 16.7. The number of rotatable bonds is 12. The highest BCUT2D eigenvalue weighted by Crippen LogP contribution is 2.36. The highest BCUT2D eigenvalue weighted by molar-refractivity contribution is 5.91. The van der Waals surface area contributed by atoms with Crippen LogP contribution in [0.4, 0.5) is 0 Å². The number of carbonyl (C=O) groups is 1. The lowest BCUT2D eigenvalue weighted by molar-refractivity contribution is -0.181. The molecule has 8 nitrogen and oxygen atoms in total. The summed E-state index contributed by atoms with van der Waals surface area (Å²) in [4.78, 5) is 14.7. The molecule has 1 N–H and O–H groups in total. The number of aliphatic hydroxyl groups excluding tert-OH is 1. The van der Waals surface area contributed by atoms with Crippen LogP contribution < -0.4 is 0 Å². The third-order valence-corrected chi connectivity index (χ3v) is 5.24. The number of morpholine rings is 1. The average Bonchev–Trinajstić information content (AvgIpc) is 2.73. The zero-order valence-corrected chi connectivity index (χ0v) is 18.0. The van der Waals surface area contributed by atoms with Gasteiger partial charge in [-0.25, -0.2) is 0 Å². The minimum Gasteiger partial charge on any atom is -0.459 e. The zero-order chi connectivity index (χ0) is 21.1. The third-order valence-electron chi connectivity index (χ3n) is 5.24. The Morgan fingerprint density at radius 1 is 1.21 bits per heavy atom. The van der Waals surface area contributed by atoms with E-state index in [4.69, 9.17) is 28.8 Å². The Bertz CT molecular complexity index is 505. The van der Waals surface area contributed by atoms with E-state index in [1.54, 1.807) is 4.90 Å². The Balaban J connectivity index is 1.99. The number of carbonyl (C=O) groups excluding carboxylic acids is 1. The van der Waals surface area contributed by atoms with Gasteiger partial charge in [-0.2, -0.15) is 0 Å². The number of amides is 1. The fraction of sp³-hybridized carbons (Fsp3) is 0.857. The average molecular weight is 416 g/mol. The van der Waals surface area contributed by atoms with Gasteiger partial charge >= 0.3 is 0 Å². The van der Waals surface area contributed by atoms with Gasteiger partial charge in [-0.15, -0.1) is 0 Å². The Kier molecular flexibility index (Phi) is 10.9. The van der Waals surface area contributed by atoms with Gasteiger partial charge in [0.25, 0.3) is 5.91 Å². The van der Waals surface area contributed by atoms with Crippen LogP contribution in [-0.2, 0) is 28.5 Å². The summed E-state index contributed by atoms with van der Waals surface area (Å²) in [6.45, 7) is 10.9. The molecular formula is C21H37NO7. The lowest BCUT2D eigenvalue weighted by atomic mass is 9.79. The van der Waals surface area contributed by atoms with Crippen LogP contribution in [-0.4, -0.2) is 88.1 Å². The molecule has 0 aromatic rings. The van der Waals surface area contributed by atoms with E-state index in [0.717, 1.165) is 6.42 Å². The van der Waals surface area contributed by atoms with E-state index >= 15 is 0 Å². The van der Waals surface area contributed by atoms with Crippen LogP contribution in [0, 0.1) is 17.8 Å². The molecule has 2 aliphatic rings. The minimum absolute atomic E-state index is 0.0172. The van der Waals surface area contributed by atoms with Gasteiger partial charge < -0.3 is 33.7 Å². The van der Waals surface area contributed by atoms with Gasteiger partial charge in [-0.3, -0.25) is 4.79 Å². The summed E-state index contributed by atoms with van der Waals surface area (Å²) in [5.74, 6) is 0.911. The second-order valence-electron chi connectivity index (χ2n) is 7.60. The zero-order valence-electron chi connectivity index (χ0n) is 18.0. The molecule has 2 aliphatic heterocycles. The van der Waals surface area contributed by atoms with Crippen LogP contribution in [0.2, 0.25) is 0 Å². The van der Waals surface area contributed by atoms with E-state index in [9.17, 15) is 4.79 Å². The minimum atomic E-state index is -0.466. The van der Waals surface area contributed by atoms with Crippen LogP contribution >= 0.6 is 0 Å². The number of allylic oxidation sites excluding steroid dienone is 1. The molecule has 0 saturated carbocycles. The maximum absolute atomic E-state index is 12.9. The largest absolute Gasteiger partial charge is 0.459 e. The lowest BCUT2D eigenvalue weighted by Gasteiger charge is -2.39. The number of nitrogens with zero attached hydrogens (tertiary/aromatic N) is 1. The van der Waals surface area contributed by atoms with E-state index in [1.807, 2.05) is 13.0 Å². The van der Waals surface area contributed by atoms with Crippen LogP contribution in [0.3, 0.4) is 0 Å². The van der Waals surface area contributed by atoms with Crippen molar-refractivity contribution in [2.24, 2.45) is 17.8 Å². The number of ether oxygens (including phenoxy) is 5. The van der Waals surface area contributed by atoms with Gasteiger partial charge in [0.05, 0.1) is 39.6 Å². The SMILES string of the molecule is CCO[C@H]1OC(C(=O)N2CCOCC2)=C[C@@H](C(C)C)[C@H]1CCOCCOCCO. The first-order chi connectivity index (χ1) is 14.1. The molecule has 1 amide bonds. The van der Waals surface area contributed by atoms with E-state index in [0.29, 0.717) is 71.0 Å². The number of hydrogen-bond acceptors (Lipinski definition) is 7. The third kappa shape index (κ3) is 7.53. The van der Waals surface area contributed by atoms with E-state index in [-0.39, 0.29) is 24.3 Å². The van der Waals surface area contributed by atoms with Crippen LogP contribution in [0.25, 0.3) is 0 Å². The Hall–Kier alpha value is -1.19. The summed E-state index contributed by atoms with van der Waals surface area (Å²) in [6.07, 6.45) is 2.28. The van der Waals surface area contributed by atoms with Crippen LogP contribution in [0.1, 0.15) is 27.2 Å². The van der Waals surface area contributed by atoms with E-state index in [2.05, 4.69) is 13.8 Å². The van der Waals surface area contributed by atoms with Crippen molar-refractivity contribution in [1.82, 2.24) is 4.90 Å². The van der Waals surface area contributed by atoms with Gasteiger partial charge in [0, 0.05) is 32.2 Å². The van der Waals surface area contributed by atoms with Crippen molar-refractivity contribution < 1.29 is 33.6 Å². The van der Waals surface area contributed by atoms with E-state index < -0.39 is 6.29 Å². The number of hydrogen-bond donors (Lipinski definition) is 1. The predicted molar refractivity (Wildman–Crippen MR) is 107 cm³/mol. The van der Waals surface area contributed by atoms with Crippen molar-refractivity contribution in [3.05, 3.63) is 11.8 Å². The molecule has 1 fully saturated rings. The molecule has 0 bridgehead atoms. The molecule has 1 saturated heterocycles. The van der Waals surface area contributed by atoms with Gasteiger partial charge in [0.1, 0.15) is 0 Å². The molecule has 0 unspecified atom stereocenters. The smallest absolute Gasteiger partial charge is 0.288 e. The van der Waals surface area contributed by atoms with Crippen LogP contribution in [0.5, 0.6) is 0 Å². The fourth-order valence-corrected chi connectivity index (χ4v) is 3.72. The maximum Gasteiger partial charge on any atom is 0.288 e. The fourth-order valence-electron chi connectivity index (χ4n) is 3.72. The van der Waals surface area contributed by atoms with Gasteiger partial charge in [0.2, 0.25) is 6.29 Å². The second-order valence-corrected chi connectivity index (χ2v) is 7.60. The topological polar surface area (TPSA) is 86.7 Å². The Morgan fingerprint density at radius 3 is 2.52 bits per heavy atom. The normalized spacial score (nSPS) is 25.1. The molecule has 168 valence electrons. The summed E-state index contributed by atoms with van der Waals surface area (Å²) >= 11 is 0. The van der Waals surface area contributed by atoms with Gasteiger partial charge in [-0.05, 0) is 31.3 Å². The van der Waals surface area contributed by atoms with Crippen molar-refractivity contribution in [3.63, 3.8) is 0 Å². The molecule has 3 atom stereocenters. The Labute approximate surface area is 174 Å². The van der Waals surface area contributed by atoms with Crippen molar-refractivity contribution in [1.29, 1.82) is 0 Å². The molecule has 0 aromatic carbocycles. The van der Waals surface area contributed by atoms with Crippen molar-refractivity contribution in [2.45, 2.75) is 33.5 Å². The van der Waals surface area contributed by atoms with Gasteiger partial charge in [-0.1, -0.05) is 13.8 Å². The summed E-state index contributed by atoms with van der Waals surface area (Å²) in [5, 5.41) is 8.71. The van der Waals surface area contributed by atoms with Crippen LogP contribution in [0.15, 0.2) is 11.8 Å². The lowest BCUT2D eigenvalue weighted by Crippen LogP contribution is -2.45. The first-order valence-corrected chi connectivity index (χ1v) is 10.7. The highest BCUT2D eigenvalue weighted by Gasteiger charge is 2.39. The summed E-state index contributed by atoms with van der Waals surface area (Å²) in [5.41, 5.74) is 0. The summed E-state index contributed by atoms with van der Waals surface area (Å²) in [7, 11) is 0. The molecule has 2 rings (SSSR count). The van der Waals surface area contributed by atoms with E-state index in [1.165, 1.54) is 0 Å². The summed E-state index contributed by atoms with van der Waals surface area (Å²) in [6, 6.07) is 0.